The molecule has 0 amide bonds. The average Bonchev–Trinajstić information content (AvgIpc) is 2.30. The van der Waals surface area contributed by atoms with Crippen LogP contribution in [0.2, 0.25) is 0 Å². The zero-order valence-electron chi connectivity index (χ0n) is 10.2. The lowest BCUT2D eigenvalue weighted by atomic mass is 9.64. The highest BCUT2D eigenvalue weighted by atomic mass is 14.5. The van der Waals surface area contributed by atoms with E-state index in [1.54, 1.807) is 0 Å². The minimum Gasteiger partial charge on any atom is -0.0625 e. The van der Waals surface area contributed by atoms with Gasteiger partial charge in [0, 0.05) is 0 Å². The van der Waals surface area contributed by atoms with Crippen LogP contribution in [0.25, 0.3) is 0 Å². The van der Waals surface area contributed by atoms with Crippen molar-refractivity contribution < 1.29 is 0 Å². The van der Waals surface area contributed by atoms with Crippen molar-refractivity contribution >= 4 is 0 Å². The molecule has 1 aliphatic carbocycles. The molecule has 13 heavy (non-hydrogen) atoms. The van der Waals surface area contributed by atoms with Crippen molar-refractivity contribution in [2.45, 2.75) is 54.4 Å². The Hall–Kier alpha value is 0. The van der Waals surface area contributed by atoms with Gasteiger partial charge in [0.1, 0.15) is 0 Å². The monoisotopic (exact) mass is 182 g/mol. The van der Waals surface area contributed by atoms with Crippen molar-refractivity contribution in [3.63, 3.8) is 0 Å². The normalized spacial score (nSPS) is 40.6. The lowest BCUT2D eigenvalue weighted by Gasteiger charge is -2.41. The molecule has 0 aliphatic heterocycles. The van der Waals surface area contributed by atoms with Gasteiger partial charge < -0.3 is 0 Å². The first-order chi connectivity index (χ1) is 5.90. The van der Waals surface area contributed by atoms with E-state index in [9.17, 15) is 0 Å². The second kappa shape index (κ2) is 3.63. The van der Waals surface area contributed by atoms with E-state index < -0.39 is 0 Å². The van der Waals surface area contributed by atoms with E-state index in [-0.39, 0.29) is 0 Å². The van der Waals surface area contributed by atoms with E-state index in [2.05, 4.69) is 41.5 Å². The fourth-order valence-corrected chi connectivity index (χ4v) is 3.47. The van der Waals surface area contributed by atoms with Gasteiger partial charge in [-0.25, -0.2) is 0 Å². The molecule has 1 fully saturated rings. The maximum Gasteiger partial charge on any atom is -0.0246 e. The van der Waals surface area contributed by atoms with Crippen LogP contribution in [0.4, 0.5) is 0 Å². The summed E-state index contributed by atoms with van der Waals surface area (Å²) in [6.07, 6.45) is 2.89. The molecule has 0 nitrogen and oxygen atoms in total. The van der Waals surface area contributed by atoms with Crippen LogP contribution >= 0.6 is 0 Å². The zero-order chi connectivity index (χ0) is 10.2. The molecule has 1 saturated carbocycles. The number of hydrogen-bond donors (Lipinski definition) is 0. The van der Waals surface area contributed by atoms with E-state index in [1.807, 2.05) is 0 Å². The highest BCUT2D eigenvalue weighted by Crippen LogP contribution is 2.54. The lowest BCUT2D eigenvalue weighted by molar-refractivity contribution is 0.0698. The molecule has 0 spiro atoms. The Labute approximate surface area is 84.1 Å². The van der Waals surface area contributed by atoms with E-state index >= 15 is 0 Å². The minimum absolute atomic E-state index is 0.591. The molecule has 3 atom stereocenters. The quantitative estimate of drug-likeness (QED) is 0.595. The third-order valence-electron chi connectivity index (χ3n) is 4.82. The SMILES string of the molecule is CC(C)C1CCC(C)C1(C)C(C)C. The Kier molecular flexibility index (Phi) is 3.09. The van der Waals surface area contributed by atoms with Crippen LogP contribution < -0.4 is 0 Å². The molecule has 0 radical (unpaired) electrons. The smallest absolute Gasteiger partial charge is 0.0246 e. The van der Waals surface area contributed by atoms with Crippen molar-refractivity contribution in [3.05, 3.63) is 0 Å². The first-order valence-electron chi connectivity index (χ1n) is 5.90. The number of rotatable bonds is 2. The van der Waals surface area contributed by atoms with Crippen LogP contribution in [-0.2, 0) is 0 Å². The zero-order valence-corrected chi connectivity index (χ0v) is 10.2. The van der Waals surface area contributed by atoms with E-state index in [0.29, 0.717) is 5.41 Å². The summed E-state index contributed by atoms with van der Waals surface area (Å²) in [7, 11) is 0. The summed E-state index contributed by atoms with van der Waals surface area (Å²) in [5.74, 6) is 3.55. The summed E-state index contributed by atoms with van der Waals surface area (Å²) in [5, 5.41) is 0. The molecule has 0 aromatic rings. The molecule has 1 aliphatic rings. The molecule has 0 bridgehead atoms. The van der Waals surface area contributed by atoms with Crippen molar-refractivity contribution in [2.24, 2.45) is 29.1 Å². The average molecular weight is 182 g/mol. The van der Waals surface area contributed by atoms with Gasteiger partial charge in [-0.1, -0.05) is 41.5 Å². The van der Waals surface area contributed by atoms with Crippen LogP contribution in [-0.4, -0.2) is 0 Å². The van der Waals surface area contributed by atoms with Gasteiger partial charge in [-0.2, -0.15) is 0 Å². The Bertz CT molecular complexity index is 169. The maximum absolute atomic E-state index is 2.51. The Morgan fingerprint density at radius 3 is 1.92 bits per heavy atom. The largest absolute Gasteiger partial charge is 0.0625 e. The molecule has 0 heteroatoms. The fraction of sp³-hybridized carbons (Fsp3) is 1.00. The summed E-state index contributed by atoms with van der Waals surface area (Å²) in [5.41, 5.74) is 0.591. The van der Waals surface area contributed by atoms with Gasteiger partial charge >= 0.3 is 0 Å². The molecular weight excluding hydrogens is 156 g/mol. The predicted molar refractivity (Wildman–Crippen MR) is 59.7 cm³/mol. The molecule has 0 heterocycles. The van der Waals surface area contributed by atoms with Crippen LogP contribution in [0.15, 0.2) is 0 Å². The summed E-state index contributed by atoms with van der Waals surface area (Å²) in [6.45, 7) is 14.5. The third kappa shape index (κ3) is 1.65. The Morgan fingerprint density at radius 1 is 1.08 bits per heavy atom. The Morgan fingerprint density at radius 2 is 1.62 bits per heavy atom. The minimum atomic E-state index is 0.591. The van der Waals surface area contributed by atoms with Gasteiger partial charge in [-0.3, -0.25) is 0 Å². The fourth-order valence-electron chi connectivity index (χ4n) is 3.47. The summed E-state index contributed by atoms with van der Waals surface area (Å²) < 4.78 is 0. The van der Waals surface area contributed by atoms with Gasteiger partial charge in [0.2, 0.25) is 0 Å². The summed E-state index contributed by atoms with van der Waals surface area (Å²) in [6, 6.07) is 0. The highest BCUT2D eigenvalue weighted by Gasteiger charge is 2.46. The molecular formula is C13H26. The summed E-state index contributed by atoms with van der Waals surface area (Å²) in [4.78, 5) is 0. The first-order valence-corrected chi connectivity index (χ1v) is 5.90. The van der Waals surface area contributed by atoms with Crippen LogP contribution in [0.3, 0.4) is 0 Å². The second-order valence-corrected chi connectivity index (χ2v) is 5.85. The van der Waals surface area contributed by atoms with Crippen molar-refractivity contribution in [1.82, 2.24) is 0 Å². The molecule has 1 rings (SSSR count). The molecule has 3 unspecified atom stereocenters. The molecule has 78 valence electrons. The number of hydrogen-bond acceptors (Lipinski definition) is 0. The highest BCUT2D eigenvalue weighted by molar-refractivity contribution is 4.95. The maximum atomic E-state index is 2.51. The lowest BCUT2D eigenvalue weighted by Crippen LogP contribution is -2.35. The standard InChI is InChI=1S/C13H26/c1-9(2)12-8-7-11(5)13(12,6)10(3)4/h9-12H,7-8H2,1-6H3. The van der Waals surface area contributed by atoms with Crippen molar-refractivity contribution in [3.8, 4) is 0 Å². The molecule has 0 saturated heterocycles. The van der Waals surface area contributed by atoms with E-state index in [0.717, 1.165) is 23.7 Å². The molecule has 0 N–H and O–H groups in total. The third-order valence-corrected chi connectivity index (χ3v) is 4.82. The van der Waals surface area contributed by atoms with Gasteiger partial charge in [0.05, 0.1) is 0 Å². The Balaban J connectivity index is 2.88. The second-order valence-electron chi connectivity index (χ2n) is 5.85. The predicted octanol–water partition coefficient (Wildman–Crippen LogP) is 4.35. The molecule has 0 aromatic carbocycles. The van der Waals surface area contributed by atoms with Crippen LogP contribution in [0.1, 0.15) is 54.4 Å². The summed E-state index contributed by atoms with van der Waals surface area (Å²) >= 11 is 0. The van der Waals surface area contributed by atoms with Crippen LogP contribution in [0.5, 0.6) is 0 Å². The van der Waals surface area contributed by atoms with Gasteiger partial charge in [0.25, 0.3) is 0 Å². The van der Waals surface area contributed by atoms with E-state index in [1.165, 1.54) is 12.8 Å². The topological polar surface area (TPSA) is 0 Å². The van der Waals surface area contributed by atoms with Crippen molar-refractivity contribution in [2.75, 3.05) is 0 Å². The first kappa shape index (κ1) is 11.1. The van der Waals surface area contributed by atoms with Gasteiger partial charge in [0.15, 0.2) is 0 Å². The van der Waals surface area contributed by atoms with Gasteiger partial charge in [-0.15, -0.1) is 0 Å². The van der Waals surface area contributed by atoms with Gasteiger partial charge in [-0.05, 0) is 41.9 Å². The van der Waals surface area contributed by atoms with E-state index in [4.69, 9.17) is 0 Å². The molecule has 0 aromatic heterocycles. The van der Waals surface area contributed by atoms with Crippen molar-refractivity contribution in [1.29, 1.82) is 0 Å². The van der Waals surface area contributed by atoms with Crippen LogP contribution in [0, 0.1) is 29.1 Å².